The maximum absolute atomic E-state index is 12.2. The van der Waals surface area contributed by atoms with E-state index in [0.717, 1.165) is 12.3 Å². The molecule has 2 bridgehead atoms. The minimum Gasteiger partial charge on any atom is -0.353 e. The summed E-state index contributed by atoms with van der Waals surface area (Å²) in [6.45, 7) is 2.32. The van der Waals surface area contributed by atoms with Crippen molar-refractivity contribution < 1.29 is 4.79 Å². The zero-order valence-corrected chi connectivity index (χ0v) is 10.7. The average molecular weight is 233 g/mol. The van der Waals surface area contributed by atoms with Crippen LogP contribution in [0.4, 0.5) is 0 Å². The molecule has 1 amide bonds. The van der Waals surface area contributed by atoms with Crippen LogP contribution in [0.3, 0.4) is 0 Å². The second kappa shape index (κ2) is 4.47. The molecule has 2 heteroatoms. The minimum atomic E-state index is 0.282. The van der Waals surface area contributed by atoms with Crippen LogP contribution in [0, 0.1) is 23.7 Å². The summed E-state index contributed by atoms with van der Waals surface area (Å²) >= 11 is 0. The summed E-state index contributed by atoms with van der Waals surface area (Å²) in [4.78, 5) is 12.2. The van der Waals surface area contributed by atoms with Crippen LogP contribution in [0.1, 0.15) is 45.4 Å². The summed E-state index contributed by atoms with van der Waals surface area (Å²) in [7, 11) is 0. The molecule has 0 heterocycles. The molecule has 1 N–H and O–H groups in total. The Kier molecular flexibility index (Phi) is 2.97. The van der Waals surface area contributed by atoms with Gasteiger partial charge in [0.2, 0.25) is 5.91 Å². The van der Waals surface area contributed by atoms with E-state index in [4.69, 9.17) is 0 Å². The lowest BCUT2D eigenvalue weighted by Gasteiger charge is -2.29. The molecule has 94 valence electrons. The van der Waals surface area contributed by atoms with E-state index >= 15 is 0 Å². The Balaban J connectivity index is 1.52. The molecule has 0 radical (unpaired) electrons. The third kappa shape index (κ3) is 2.27. The van der Waals surface area contributed by atoms with Crippen LogP contribution in [0.25, 0.3) is 0 Å². The van der Waals surface area contributed by atoms with Gasteiger partial charge in [-0.3, -0.25) is 4.79 Å². The molecule has 0 aliphatic heterocycles. The summed E-state index contributed by atoms with van der Waals surface area (Å²) < 4.78 is 0. The van der Waals surface area contributed by atoms with E-state index in [2.05, 4.69) is 24.4 Å². The molecule has 2 fully saturated rings. The smallest absolute Gasteiger partial charge is 0.223 e. The number of hydrogen-bond donors (Lipinski definition) is 1. The molecule has 2 saturated carbocycles. The van der Waals surface area contributed by atoms with Crippen LogP contribution in [0.5, 0.6) is 0 Å². The Bertz CT molecular complexity index is 328. The summed E-state index contributed by atoms with van der Waals surface area (Å²) in [5.74, 6) is 2.71. The number of amides is 1. The van der Waals surface area contributed by atoms with Crippen molar-refractivity contribution in [2.24, 2.45) is 23.7 Å². The van der Waals surface area contributed by atoms with Crippen LogP contribution < -0.4 is 5.32 Å². The Morgan fingerprint density at radius 1 is 1.12 bits per heavy atom. The van der Waals surface area contributed by atoms with E-state index in [-0.39, 0.29) is 5.92 Å². The van der Waals surface area contributed by atoms with E-state index in [9.17, 15) is 4.79 Å². The number of rotatable bonds is 2. The van der Waals surface area contributed by atoms with Gasteiger partial charge in [0.25, 0.3) is 0 Å². The van der Waals surface area contributed by atoms with Gasteiger partial charge in [-0.15, -0.1) is 0 Å². The fourth-order valence-corrected chi connectivity index (χ4v) is 3.79. The third-order valence-corrected chi connectivity index (χ3v) is 4.98. The SMILES string of the molecule is CC1CCC(NC(=O)C2CC3C=CC2C3)CC1. The summed E-state index contributed by atoms with van der Waals surface area (Å²) in [6, 6.07) is 0.460. The largest absolute Gasteiger partial charge is 0.353 e. The topological polar surface area (TPSA) is 29.1 Å². The lowest BCUT2D eigenvalue weighted by Crippen LogP contribution is -2.41. The lowest BCUT2D eigenvalue weighted by molar-refractivity contribution is -0.126. The van der Waals surface area contributed by atoms with Crippen molar-refractivity contribution in [3.63, 3.8) is 0 Å². The van der Waals surface area contributed by atoms with Gasteiger partial charge in [-0.1, -0.05) is 19.1 Å². The van der Waals surface area contributed by atoms with Crippen LogP contribution in [-0.2, 0) is 4.79 Å². The molecule has 0 aromatic heterocycles. The fourth-order valence-electron chi connectivity index (χ4n) is 3.79. The van der Waals surface area contributed by atoms with Crippen molar-refractivity contribution in [2.75, 3.05) is 0 Å². The van der Waals surface area contributed by atoms with E-state index in [1.165, 1.54) is 32.1 Å². The molecule has 0 spiro atoms. The predicted octanol–water partition coefficient (Wildman–Crippen LogP) is 2.89. The van der Waals surface area contributed by atoms with Gasteiger partial charge >= 0.3 is 0 Å². The molecule has 17 heavy (non-hydrogen) atoms. The highest BCUT2D eigenvalue weighted by Crippen LogP contribution is 2.43. The first-order valence-corrected chi connectivity index (χ1v) is 7.21. The second-order valence-corrected chi connectivity index (χ2v) is 6.35. The number of carbonyl (C=O) groups excluding carboxylic acids is 1. The Hall–Kier alpha value is -0.790. The summed E-state index contributed by atoms with van der Waals surface area (Å²) in [5, 5.41) is 3.29. The van der Waals surface area contributed by atoms with Crippen LogP contribution in [0.15, 0.2) is 12.2 Å². The van der Waals surface area contributed by atoms with Crippen molar-refractivity contribution in [1.29, 1.82) is 0 Å². The third-order valence-electron chi connectivity index (χ3n) is 4.98. The molecular formula is C15H23NO. The van der Waals surface area contributed by atoms with Crippen molar-refractivity contribution in [3.8, 4) is 0 Å². The fraction of sp³-hybridized carbons (Fsp3) is 0.800. The highest BCUT2D eigenvalue weighted by molar-refractivity contribution is 5.80. The van der Waals surface area contributed by atoms with Crippen molar-refractivity contribution in [2.45, 2.75) is 51.5 Å². The van der Waals surface area contributed by atoms with E-state index in [0.29, 0.717) is 23.8 Å². The first kappa shape index (κ1) is 11.3. The first-order valence-electron chi connectivity index (χ1n) is 7.21. The van der Waals surface area contributed by atoms with Crippen molar-refractivity contribution >= 4 is 5.91 Å². The molecule has 3 aliphatic rings. The molecule has 3 unspecified atom stereocenters. The van der Waals surface area contributed by atoms with Crippen molar-refractivity contribution in [1.82, 2.24) is 5.32 Å². The molecule has 3 aliphatic carbocycles. The van der Waals surface area contributed by atoms with Crippen LogP contribution >= 0.6 is 0 Å². The van der Waals surface area contributed by atoms with Crippen LogP contribution in [-0.4, -0.2) is 11.9 Å². The number of carbonyl (C=O) groups is 1. The number of hydrogen-bond acceptors (Lipinski definition) is 1. The zero-order chi connectivity index (χ0) is 11.8. The van der Waals surface area contributed by atoms with Gasteiger partial charge in [0.1, 0.15) is 0 Å². The molecule has 3 atom stereocenters. The van der Waals surface area contributed by atoms with E-state index in [1.54, 1.807) is 0 Å². The maximum atomic E-state index is 12.2. The maximum Gasteiger partial charge on any atom is 0.223 e. The molecular weight excluding hydrogens is 210 g/mol. The van der Waals surface area contributed by atoms with Gasteiger partial charge in [0.05, 0.1) is 0 Å². The van der Waals surface area contributed by atoms with E-state index in [1.807, 2.05) is 0 Å². The normalized spacial score (nSPS) is 43.9. The Morgan fingerprint density at radius 3 is 2.47 bits per heavy atom. The molecule has 0 saturated heterocycles. The van der Waals surface area contributed by atoms with Gasteiger partial charge < -0.3 is 5.32 Å². The summed E-state index contributed by atoms with van der Waals surface area (Å²) in [5.41, 5.74) is 0. The number of fused-ring (bicyclic) bond motifs is 2. The number of nitrogens with one attached hydrogen (secondary N) is 1. The predicted molar refractivity (Wildman–Crippen MR) is 68.4 cm³/mol. The highest BCUT2D eigenvalue weighted by atomic mass is 16.2. The van der Waals surface area contributed by atoms with Gasteiger partial charge in [-0.2, -0.15) is 0 Å². The first-order chi connectivity index (χ1) is 8.22. The standard InChI is InChI=1S/C15H23NO/c1-10-2-6-13(7-3-10)16-15(17)14-9-11-4-5-12(14)8-11/h4-5,10-14H,2-3,6-9H2,1H3,(H,16,17). The molecule has 3 rings (SSSR count). The monoisotopic (exact) mass is 233 g/mol. The molecule has 0 aromatic carbocycles. The number of allylic oxidation sites excluding steroid dienone is 2. The van der Waals surface area contributed by atoms with Gasteiger partial charge in [-0.25, -0.2) is 0 Å². The Morgan fingerprint density at radius 2 is 1.88 bits per heavy atom. The van der Waals surface area contributed by atoms with Crippen molar-refractivity contribution in [3.05, 3.63) is 12.2 Å². The van der Waals surface area contributed by atoms with Gasteiger partial charge in [0, 0.05) is 12.0 Å². The Labute approximate surface area is 104 Å². The molecule has 2 nitrogen and oxygen atoms in total. The van der Waals surface area contributed by atoms with E-state index < -0.39 is 0 Å². The second-order valence-electron chi connectivity index (χ2n) is 6.35. The van der Waals surface area contributed by atoms with Crippen LogP contribution in [0.2, 0.25) is 0 Å². The van der Waals surface area contributed by atoms with Gasteiger partial charge in [0.15, 0.2) is 0 Å². The lowest BCUT2D eigenvalue weighted by atomic mass is 9.86. The van der Waals surface area contributed by atoms with Gasteiger partial charge in [-0.05, 0) is 56.3 Å². The zero-order valence-electron chi connectivity index (χ0n) is 10.7. The average Bonchev–Trinajstić information content (AvgIpc) is 2.94. The molecule has 0 aromatic rings. The quantitative estimate of drug-likeness (QED) is 0.730. The highest BCUT2D eigenvalue weighted by Gasteiger charge is 2.40. The minimum absolute atomic E-state index is 0.282. The summed E-state index contributed by atoms with van der Waals surface area (Å²) in [6.07, 6.45) is 11.8.